The zero-order chi connectivity index (χ0) is 18.4. The van der Waals surface area contributed by atoms with Crippen molar-refractivity contribution < 1.29 is 22.8 Å². The lowest BCUT2D eigenvalue weighted by Crippen LogP contribution is -2.52. The van der Waals surface area contributed by atoms with Gasteiger partial charge in [0.25, 0.3) is 0 Å². The molecule has 25 heavy (non-hydrogen) atoms. The van der Waals surface area contributed by atoms with E-state index in [9.17, 15) is 22.8 Å². The Morgan fingerprint density at radius 2 is 1.80 bits per heavy atom. The average Bonchev–Trinajstić information content (AvgIpc) is 2.59. The van der Waals surface area contributed by atoms with Gasteiger partial charge in [-0.1, -0.05) is 12.1 Å². The Bertz CT molecular complexity index is 651. The number of urea groups is 1. The number of nitrogens with one attached hydrogen (secondary N) is 1. The van der Waals surface area contributed by atoms with Crippen LogP contribution in [-0.2, 0) is 11.0 Å². The first kappa shape index (κ1) is 18.8. The Balaban J connectivity index is 1.93. The Morgan fingerprint density at radius 3 is 2.40 bits per heavy atom. The molecule has 1 aromatic carbocycles. The second-order valence-electron chi connectivity index (χ2n) is 5.60. The smallest absolute Gasteiger partial charge is 0.338 e. The Hall–Kier alpha value is -2.51. The minimum atomic E-state index is -4.41. The lowest BCUT2D eigenvalue weighted by Gasteiger charge is -2.34. The fourth-order valence-corrected chi connectivity index (χ4v) is 2.48. The number of nitrogens with zero attached hydrogens (tertiary/aromatic N) is 2. The standard InChI is InChI=1S/C17H20F3N3O2/c1-2-21-16(25)23-10-8-22(9-11-23)15(24)7-6-13-4-3-5-14(12-13)17(18,19)20/h3-7,12H,2,8-11H2,1H3,(H,21,25)/b7-6+. The summed E-state index contributed by atoms with van der Waals surface area (Å²) in [6, 6.07) is 4.63. The van der Waals surface area contributed by atoms with Crippen LogP contribution < -0.4 is 5.32 Å². The lowest BCUT2D eigenvalue weighted by atomic mass is 10.1. The highest BCUT2D eigenvalue weighted by Gasteiger charge is 2.30. The SMILES string of the molecule is CCNC(=O)N1CCN(C(=O)/C=C/c2cccc(C(F)(F)F)c2)CC1. The van der Waals surface area contributed by atoms with E-state index in [1.54, 1.807) is 9.80 Å². The van der Waals surface area contributed by atoms with Gasteiger partial charge in [0.05, 0.1) is 5.56 Å². The minimum absolute atomic E-state index is 0.158. The van der Waals surface area contributed by atoms with Gasteiger partial charge in [-0.05, 0) is 30.7 Å². The molecule has 0 aromatic heterocycles. The molecule has 0 atom stereocenters. The fraction of sp³-hybridized carbons (Fsp3) is 0.412. The molecule has 8 heteroatoms. The van der Waals surface area contributed by atoms with Crippen LogP contribution in [0.25, 0.3) is 6.08 Å². The van der Waals surface area contributed by atoms with Crippen LogP contribution in [0.3, 0.4) is 0 Å². The summed E-state index contributed by atoms with van der Waals surface area (Å²) < 4.78 is 38.0. The van der Waals surface area contributed by atoms with Gasteiger partial charge in [-0.3, -0.25) is 4.79 Å². The molecule has 0 bridgehead atoms. The van der Waals surface area contributed by atoms with Crippen molar-refractivity contribution in [1.29, 1.82) is 0 Å². The van der Waals surface area contributed by atoms with Crippen molar-refractivity contribution in [3.8, 4) is 0 Å². The van der Waals surface area contributed by atoms with Gasteiger partial charge in [0, 0.05) is 38.8 Å². The van der Waals surface area contributed by atoms with Gasteiger partial charge < -0.3 is 15.1 Å². The molecular formula is C17H20F3N3O2. The van der Waals surface area contributed by atoms with Gasteiger partial charge in [-0.2, -0.15) is 13.2 Å². The van der Waals surface area contributed by atoms with Gasteiger partial charge in [-0.25, -0.2) is 4.79 Å². The van der Waals surface area contributed by atoms with Crippen LogP contribution in [0.5, 0.6) is 0 Å². The number of hydrogen-bond acceptors (Lipinski definition) is 2. The molecule has 0 saturated carbocycles. The first-order valence-electron chi connectivity index (χ1n) is 7.98. The summed E-state index contributed by atoms with van der Waals surface area (Å²) in [5.74, 6) is -0.284. The zero-order valence-corrected chi connectivity index (χ0v) is 13.8. The van der Waals surface area contributed by atoms with Crippen LogP contribution >= 0.6 is 0 Å². The Kier molecular flexibility index (Phi) is 6.06. The van der Waals surface area contributed by atoms with Gasteiger partial charge in [-0.15, -0.1) is 0 Å². The van der Waals surface area contributed by atoms with Crippen LogP contribution in [0.4, 0.5) is 18.0 Å². The number of alkyl halides is 3. The number of benzene rings is 1. The maximum Gasteiger partial charge on any atom is 0.416 e. The van der Waals surface area contributed by atoms with Crippen LogP contribution in [0.1, 0.15) is 18.1 Å². The molecule has 0 radical (unpaired) electrons. The summed E-state index contributed by atoms with van der Waals surface area (Å²) in [5, 5.41) is 2.70. The van der Waals surface area contributed by atoms with Crippen molar-refractivity contribution >= 4 is 18.0 Å². The van der Waals surface area contributed by atoms with E-state index in [2.05, 4.69) is 5.32 Å². The number of halogens is 3. The first-order chi connectivity index (χ1) is 11.8. The summed E-state index contributed by atoms with van der Waals surface area (Å²) in [4.78, 5) is 27.1. The van der Waals surface area contributed by atoms with Crippen molar-refractivity contribution in [3.63, 3.8) is 0 Å². The summed E-state index contributed by atoms with van der Waals surface area (Å²) in [7, 11) is 0. The van der Waals surface area contributed by atoms with Gasteiger partial charge in [0.1, 0.15) is 0 Å². The molecule has 1 heterocycles. The molecule has 1 aliphatic rings. The largest absolute Gasteiger partial charge is 0.416 e. The van der Waals surface area contributed by atoms with E-state index in [4.69, 9.17) is 0 Å². The molecule has 2 rings (SSSR count). The van der Waals surface area contributed by atoms with E-state index in [0.29, 0.717) is 38.3 Å². The third kappa shape index (κ3) is 5.23. The van der Waals surface area contributed by atoms with E-state index in [0.717, 1.165) is 12.1 Å². The number of piperazine rings is 1. The first-order valence-corrected chi connectivity index (χ1v) is 7.98. The van der Waals surface area contributed by atoms with Crippen molar-refractivity contribution in [3.05, 3.63) is 41.5 Å². The molecule has 1 aliphatic heterocycles. The average molecular weight is 355 g/mol. The number of carbonyl (C=O) groups is 2. The van der Waals surface area contributed by atoms with Crippen LogP contribution in [-0.4, -0.2) is 54.5 Å². The maximum atomic E-state index is 12.7. The Labute approximate surface area is 144 Å². The number of hydrogen-bond donors (Lipinski definition) is 1. The van der Waals surface area contributed by atoms with Crippen LogP contribution in [0.2, 0.25) is 0 Å². The molecule has 0 unspecified atom stereocenters. The van der Waals surface area contributed by atoms with Crippen molar-refractivity contribution in [1.82, 2.24) is 15.1 Å². The van der Waals surface area contributed by atoms with Crippen molar-refractivity contribution in [2.75, 3.05) is 32.7 Å². The second kappa shape index (κ2) is 8.04. The molecule has 0 aliphatic carbocycles. The zero-order valence-electron chi connectivity index (χ0n) is 13.8. The highest BCUT2D eigenvalue weighted by molar-refractivity contribution is 5.92. The predicted octanol–water partition coefficient (Wildman–Crippen LogP) is 2.59. The highest BCUT2D eigenvalue weighted by Crippen LogP contribution is 2.29. The van der Waals surface area contributed by atoms with E-state index < -0.39 is 11.7 Å². The lowest BCUT2D eigenvalue weighted by molar-refractivity contribution is -0.137. The summed E-state index contributed by atoms with van der Waals surface area (Å²) in [5.41, 5.74) is -0.443. The number of amides is 3. The fourth-order valence-electron chi connectivity index (χ4n) is 2.48. The van der Waals surface area contributed by atoms with Crippen molar-refractivity contribution in [2.24, 2.45) is 0 Å². The normalized spacial score (nSPS) is 15.5. The number of carbonyl (C=O) groups excluding carboxylic acids is 2. The minimum Gasteiger partial charge on any atom is -0.338 e. The molecule has 1 saturated heterocycles. The summed E-state index contributed by atoms with van der Waals surface area (Å²) in [6.07, 6.45) is -1.78. The van der Waals surface area contributed by atoms with Crippen molar-refractivity contribution in [2.45, 2.75) is 13.1 Å². The van der Waals surface area contributed by atoms with Gasteiger partial charge in [0.2, 0.25) is 5.91 Å². The predicted molar refractivity (Wildman–Crippen MR) is 87.7 cm³/mol. The molecular weight excluding hydrogens is 335 g/mol. The van der Waals surface area contributed by atoms with E-state index in [1.807, 2.05) is 6.92 Å². The van der Waals surface area contributed by atoms with E-state index >= 15 is 0 Å². The maximum absolute atomic E-state index is 12.7. The number of rotatable bonds is 3. The molecule has 0 spiro atoms. The molecule has 1 N–H and O–H groups in total. The molecule has 5 nitrogen and oxygen atoms in total. The third-order valence-electron chi connectivity index (χ3n) is 3.84. The Morgan fingerprint density at radius 1 is 1.16 bits per heavy atom. The third-order valence-corrected chi connectivity index (χ3v) is 3.84. The van der Waals surface area contributed by atoms with Crippen LogP contribution in [0.15, 0.2) is 30.3 Å². The topological polar surface area (TPSA) is 52.7 Å². The molecule has 1 fully saturated rings. The molecule has 3 amide bonds. The van der Waals surface area contributed by atoms with E-state index in [-0.39, 0.29) is 11.9 Å². The molecule has 136 valence electrons. The summed E-state index contributed by atoms with van der Waals surface area (Å²) in [6.45, 7) is 4.00. The van der Waals surface area contributed by atoms with Gasteiger partial charge >= 0.3 is 12.2 Å². The monoisotopic (exact) mass is 355 g/mol. The quantitative estimate of drug-likeness (QED) is 0.848. The highest BCUT2D eigenvalue weighted by atomic mass is 19.4. The van der Waals surface area contributed by atoms with Gasteiger partial charge in [0.15, 0.2) is 0 Å². The van der Waals surface area contributed by atoms with Crippen LogP contribution in [0, 0.1) is 0 Å². The molecule has 1 aromatic rings. The second-order valence-corrected chi connectivity index (χ2v) is 5.60. The summed E-state index contributed by atoms with van der Waals surface area (Å²) >= 11 is 0. The van der Waals surface area contributed by atoms with E-state index in [1.165, 1.54) is 24.3 Å².